The van der Waals surface area contributed by atoms with E-state index in [0.717, 1.165) is 44.3 Å². The predicted octanol–water partition coefficient (Wildman–Crippen LogP) is 1.99. The van der Waals surface area contributed by atoms with Crippen LogP contribution in [-0.2, 0) is 21.2 Å². The number of carbonyl (C=O) groups excluding carboxylic acids is 1. The van der Waals surface area contributed by atoms with Crippen LogP contribution in [0.2, 0.25) is 0 Å². The molecule has 0 spiro atoms. The fraction of sp³-hybridized carbons (Fsp3) is 0.650. The van der Waals surface area contributed by atoms with E-state index in [2.05, 4.69) is 0 Å². The molecule has 1 aromatic rings. The second kappa shape index (κ2) is 8.71. The van der Waals surface area contributed by atoms with Crippen LogP contribution in [-0.4, -0.2) is 55.8 Å². The molecule has 1 aromatic carbocycles. The summed E-state index contributed by atoms with van der Waals surface area (Å²) in [6.07, 6.45) is 5.04. The first-order chi connectivity index (χ1) is 12.9. The summed E-state index contributed by atoms with van der Waals surface area (Å²) in [5, 5.41) is 0. The number of hydrogen-bond donors (Lipinski definition) is 1. The van der Waals surface area contributed by atoms with E-state index in [4.69, 9.17) is 5.73 Å². The number of rotatable bonds is 6. The predicted molar refractivity (Wildman–Crippen MR) is 106 cm³/mol. The van der Waals surface area contributed by atoms with Crippen molar-refractivity contribution in [3.05, 3.63) is 29.8 Å². The van der Waals surface area contributed by atoms with Gasteiger partial charge in [-0.2, -0.15) is 4.31 Å². The first kappa shape index (κ1) is 20.3. The van der Waals surface area contributed by atoms with Gasteiger partial charge in [-0.15, -0.1) is 0 Å². The van der Waals surface area contributed by atoms with Crippen molar-refractivity contribution in [1.82, 2.24) is 9.21 Å². The van der Waals surface area contributed by atoms with Gasteiger partial charge in [-0.25, -0.2) is 8.42 Å². The first-order valence-electron chi connectivity index (χ1n) is 10.0. The van der Waals surface area contributed by atoms with Gasteiger partial charge < -0.3 is 10.6 Å². The molecule has 27 heavy (non-hydrogen) atoms. The van der Waals surface area contributed by atoms with Crippen molar-refractivity contribution in [1.29, 1.82) is 0 Å². The Morgan fingerprint density at radius 2 is 1.81 bits per heavy atom. The van der Waals surface area contributed by atoms with Crippen molar-refractivity contribution in [2.24, 2.45) is 11.7 Å². The summed E-state index contributed by atoms with van der Waals surface area (Å²) in [5.74, 6) is 0.548. The van der Waals surface area contributed by atoms with Gasteiger partial charge in [-0.05, 0) is 62.6 Å². The molecule has 0 saturated carbocycles. The molecular weight excluding hydrogens is 362 g/mol. The van der Waals surface area contributed by atoms with Gasteiger partial charge in [0.2, 0.25) is 15.9 Å². The normalized spacial score (nSPS) is 22.7. The molecule has 1 amide bonds. The molecule has 6 nitrogen and oxygen atoms in total. The van der Waals surface area contributed by atoms with Gasteiger partial charge in [0.25, 0.3) is 0 Å². The number of sulfonamides is 1. The number of nitrogens with two attached hydrogens (primary N) is 1. The number of likely N-dealkylation sites (tertiary alicyclic amines) is 1. The molecule has 150 valence electrons. The van der Waals surface area contributed by atoms with Crippen molar-refractivity contribution in [2.45, 2.75) is 56.4 Å². The Kier molecular flexibility index (Phi) is 6.55. The summed E-state index contributed by atoms with van der Waals surface area (Å²) in [7, 11) is -3.37. The fourth-order valence-electron chi connectivity index (χ4n) is 3.98. The van der Waals surface area contributed by atoms with Crippen LogP contribution in [0.25, 0.3) is 0 Å². The number of hydrogen-bond acceptors (Lipinski definition) is 4. The summed E-state index contributed by atoms with van der Waals surface area (Å²) in [4.78, 5) is 14.8. The maximum atomic E-state index is 12.6. The standard InChI is InChI=1S/C20H31N3O3S/c1-16(21)18-5-4-12-22(15-18)20(24)11-8-17-6-9-19(10-7-17)27(25,26)23-13-2-3-14-23/h6-7,9-10,16,18H,2-5,8,11-15,21H2,1H3. The summed E-state index contributed by atoms with van der Waals surface area (Å²) in [5.41, 5.74) is 6.99. The fourth-order valence-corrected chi connectivity index (χ4v) is 5.50. The van der Waals surface area contributed by atoms with E-state index in [1.54, 1.807) is 16.4 Å². The molecule has 2 fully saturated rings. The molecular formula is C20H31N3O3S. The lowest BCUT2D eigenvalue weighted by atomic mass is 9.92. The van der Waals surface area contributed by atoms with Crippen molar-refractivity contribution < 1.29 is 13.2 Å². The van der Waals surface area contributed by atoms with Crippen LogP contribution >= 0.6 is 0 Å². The quantitative estimate of drug-likeness (QED) is 0.801. The highest BCUT2D eigenvalue weighted by Crippen LogP contribution is 2.22. The highest BCUT2D eigenvalue weighted by Gasteiger charge is 2.27. The molecule has 2 saturated heterocycles. The maximum Gasteiger partial charge on any atom is 0.243 e. The molecule has 2 unspecified atom stereocenters. The Labute approximate surface area is 162 Å². The minimum Gasteiger partial charge on any atom is -0.342 e. The number of benzene rings is 1. The Morgan fingerprint density at radius 3 is 2.44 bits per heavy atom. The van der Waals surface area contributed by atoms with E-state index >= 15 is 0 Å². The van der Waals surface area contributed by atoms with Gasteiger partial charge in [0.15, 0.2) is 0 Å². The zero-order chi connectivity index (χ0) is 19.4. The second-order valence-corrected chi connectivity index (χ2v) is 9.79. The third kappa shape index (κ3) is 4.89. The van der Waals surface area contributed by atoms with Gasteiger partial charge in [-0.1, -0.05) is 12.1 Å². The lowest BCUT2D eigenvalue weighted by Crippen LogP contribution is -2.45. The van der Waals surface area contributed by atoms with Crippen LogP contribution in [0.3, 0.4) is 0 Å². The Morgan fingerprint density at radius 1 is 1.15 bits per heavy atom. The van der Waals surface area contributed by atoms with Crippen LogP contribution in [0.5, 0.6) is 0 Å². The lowest BCUT2D eigenvalue weighted by molar-refractivity contribution is -0.133. The summed E-state index contributed by atoms with van der Waals surface area (Å²) in [6, 6.07) is 7.11. The van der Waals surface area contributed by atoms with E-state index in [9.17, 15) is 13.2 Å². The first-order valence-corrected chi connectivity index (χ1v) is 11.4. The third-order valence-electron chi connectivity index (χ3n) is 5.81. The minimum atomic E-state index is -3.37. The monoisotopic (exact) mass is 393 g/mol. The zero-order valence-corrected chi connectivity index (χ0v) is 17.0. The van der Waals surface area contributed by atoms with Gasteiger partial charge >= 0.3 is 0 Å². The second-order valence-electron chi connectivity index (χ2n) is 7.86. The third-order valence-corrected chi connectivity index (χ3v) is 7.72. The van der Waals surface area contributed by atoms with Crippen molar-refractivity contribution in [3.63, 3.8) is 0 Å². The Bertz CT molecular complexity index is 740. The molecule has 7 heteroatoms. The zero-order valence-electron chi connectivity index (χ0n) is 16.1. The van der Waals surface area contributed by atoms with E-state index < -0.39 is 10.0 Å². The van der Waals surface area contributed by atoms with Crippen molar-refractivity contribution in [2.75, 3.05) is 26.2 Å². The number of amides is 1. The Hall–Kier alpha value is -1.44. The van der Waals surface area contributed by atoms with Crippen LogP contribution in [0.4, 0.5) is 0 Å². The summed E-state index contributed by atoms with van der Waals surface area (Å²) < 4.78 is 26.7. The van der Waals surface area contributed by atoms with Gasteiger partial charge in [0.1, 0.15) is 0 Å². The number of aryl methyl sites for hydroxylation is 1. The van der Waals surface area contributed by atoms with Crippen LogP contribution in [0.1, 0.15) is 44.6 Å². The average molecular weight is 394 g/mol. The van der Waals surface area contributed by atoms with Crippen LogP contribution in [0, 0.1) is 5.92 Å². The Balaban J connectivity index is 1.55. The molecule has 2 N–H and O–H groups in total. The molecule has 2 aliphatic rings. The molecule has 3 rings (SSSR count). The van der Waals surface area contributed by atoms with E-state index in [-0.39, 0.29) is 11.9 Å². The molecule has 2 heterocycles. The van der Waals surface area contributed by atoms with E-state index in [0.29, 0.717) is 36.7 Å². The molecule has 0 aliphatic carbocycles. The molecule has 2 aliphatic heterocycles. The summed E-state index contributed by atoms with van der Waals surface area (Å²) >= 11 is 0. The van der Waals surface area contributed by atoms with Crippen molar-refractivity contribution >= 4 is 15.9 Å². The molecule has 0 aromatic heterocycles. The lowest BCUT2D eigenvalue weighted by Gasteiger charge is -2.34. The smallest absolute Gasteiger partial charge is 0.243 e. The van der Waals surface area contributed by atoms with Crippen molar-refractivity contribution in [3.8, 4) is 0 Å². The van der Waals surface area contributed by atoms with Gasteiger partial charge in [-0.3, -0.25) is 4.79 Å². The number of carbonyl (C=O) groups is 1. The SMILES string of the molecule is CC(N)C1CCCN(C(=O)CCc2ccc(S(=O)(=O)N3CCCC3)cc2)C1. The average Bonchev–Trinajstić information content (AvgIpc) is 3.22. The molecule has 0 radical (unpaired) electrons. The number of nitrogens with zero attached hydrogens (tertiary/aromatic N) is 2. The van der Waals surface area contributed by atoms with Crippen LogP contribution in [0.15, 0.2) is 29.2 Å². The van der Waals surface area contributed by atoms with E-state index in [1.165, 1.54) is 0 Å². The van der Waals surface area contributed by atoms with E-state index in [1.807, 2.05) is 24.0 Å². The largest absolute Gasteiger partial charge is 0.342 e. The minimum absolute atomic E-state index is 0.116. The van der Waals surface area contributed by atoms with Gasteiger partial charge in [0, 0.05) is 38.6 Å². The summed E-state index contributed by atoms with van der Waals surface area (Å²) in [6.45, 7) is 4.79. The molecule has 2 atom stereocenters. The van der Waals surface area contributed by atoms with Crippen LogP contribution < -0.4 is 5.73 Å². The maximum absolute atomic E-state index is 12.6. The topological polar surface area (TPSA) is 83.7 Å². The highest BCUT2D eigenvalue weighted by atomic mass is 32.2. The van der Waals surface area contributed by atoms with Gasteiger partial charge in [0.05, 0.1) is 4.90 Å². The highest BCUT2D eigenvalue weighted by molar-refractivity contribution is 7.89. The molecule has 0 bridgehead atoms. The number of piperidine rings is 1.